The molecule has 0 aliphatic carbocycles. The maximum Gasteiger partial charge on any atom is 0.124 e. The molecular formula is C22H25N3O2. The molecule has 5 heteroatoms. The van der Waals surface area contributed by atoms with E-state index in [0.29, 0.717) is 12.8 Å². The van der Waals surface area contributed by atoms with Gasteiger partial charge in [-0.1, -0.05) is 36.4 Å². The van der Waals surface area contributed by atoms with Crippen LogP contribution in [-0.2, 0) is 12.1 Å². The van der Waals surface area contributed by atoms with Crippen molar-refractivity contribution < 1.29 is 9.84 Å². The molecular weight excluding hydrogens is 338 g/mol. The number of nitrogens with zero attached hydrogens (tertiary/aromatic N) is 3. The van der Waals surface area contributed by atoms with Crippen LogP contribution in [0.15, 0.2) is 67.0 Å². The first kappa shape index (κ1) is 17.8. The smallest absolute Gasteiger partial charge is 0.124 e. The molecule has 1 saturated heterocycles. The fourth-order valence-electron chi connectivity index (χ4n) is 3.90. The van der Waals surface area contributed by atoms with E-state index in [-0.39, 0.29) is 0 Å². The summed E-state index contributed by atoms with van der Waals surface area (Å²) in [5.74, 6) is 0.762. The lowest BCUT2D eigenvalue weighted by molar-refractivity contribution is -0.0292. The molecule has 5 nitrogen and oxygen atoms in total. The first-order valence-corrected chi connectivity index (χ1v) is 9.36. The van der Waals surface area contributed by atoms with E-state index in [4.69, 9.17) is 4.74 Å². The predicted molar refractivity (Wildman–Crippen MR) is 105 cm³/mol. The van der Waals surface area contributed by atoms with Crippen LogP contribution in [-0.4, -0.2) is 40.0 Å². The number of likely N-dealkylation sites (tertiary alicyclic amines) is 1. The Morgan fingerprint density at radius 3 is 2.52 bits per heavy atom. The van der Waals surface area contributed by atoms with Gasteiger partial charge in [0, 0.05) is 37.6 Å². The van der Waals surface area contributed by atoms with Gasteiger partial charge < -0.3 is 9.84 Å². The van der Waals surface area contributed by atoms with Crippen molar-refractivity contribution in [3.63, 3.8) is 0 Å². The lowest BCUT2D eigenvalue weighted by Gasteiger charge is -2.39. The highest BCUT2D eigenvalue weighted by Gasteiger charge is 2.36. The zero-order valence-electron chi connectivity index (χ0n) is 15.6. The summed E-state index contributed by atoms with van der Waals surface area (Å²) in [4.78, 5) is 2.40. The molecule has 0 atom stereocenters. The standard InChI is InChI=1S/C22H25N3O2/c1-27-21-10-5-3-8-19(21)22(26)11-15-24(16-12-22)17-18-7-2-4-9-20(18)25-14-6-13-23-25/h2-10,13-14,26H,11-12,15-17H2,1H3. The van der Waals surface area contributed by atoms with Crippen LogP contribution in [0, 0.1) is 0 Å². The van der Waals surface area contributed by atoms with Gasteiger partial charge in [-0.2, -0.15) is 5.10 Å². The van der Waals surface area contributed by atoms with E-state index in [9.17, 15) is 5.11 Å². The van der Waals surface area contributed by atoms with E-state index in [1.165, 1.54) is 5.56 Å². The minimum Gasteiger partial charge on any atom is -0.496 e. The van der Waals surface area contributed by atoms with Gasteiger partial charge in [0.2, 0.25) is 0 Å². The fourth-order valence-corrected chi connectivity index (χ4v) is 3.90. The van der Waals surface area contributed by atoms with Crippen molar-refractivity contribution in [1.29, 1.82) is 0 Å². The highest BCUT2D eigenvalue weighted by Crippen LogP contribution is 2.38. The molecule has 0 amide bonds. The van der Waals surface area contributed by atoms with Gasteiger partial charge in [0.1, 0.15) is 5.75 Å². The summed E-state index contributed by atoms with van der Waals surface area (Å²) in [6.45, 7) is 2.52. The molecule has 3 aromatic rings. The number of rotatable bonds is 5. The molecule has 1 aromatic heterocycles. The quantitative estimate of drug-likeness (QED) is 0.755. The largest absolute Gasteiger partial charge is 0.496 e. The first-order chi connectivity index (χ1) is 13.2. The molecule has 4 rings (SSSR count). The van der Waals surface area contributed by atoms with E-state index in [1.807, 2.05) is 47.3 Å². The first-order valence-electron chi connectivity index (χ1n) is 9.36. The molecule has 0 spiro atoms. The number of benzene rings is 2. The van der Waals surface area contributed by atoms with Gasteiger partial charge in [0.05, 0.1) is 18.4 Å². The third kappa shape index (κ3) is 3.61. The van der Waals surface area contributed by atoms with E-state index >= 15 is 0 Å². The van der Waals surface area contributed by atoms with E-state index in [1.54, 1.807) is 13.3 Å². The number of aromatic nitrogens is 2. The van der Waals surface area contributed by atoms with Crippen LogP contribution in [0.4, 0.5) is 0 Å². The molecule has 1 aliphatic heterocycles. The van der Waals surface area contributed by atoms with Gasteiger partial charge in [0.15, 0.2) is 0 Å². The summed E-state index contributed by atoms with van der Waals surface area (Å²) >= 11 is 0. The summed E-state index contributed by atoms with van der Waals surface area (Å²) in [6, 6.07) is 18.1. The Bertz CT molecular complexity index is 884. The molecule has 1 N–H and O–H groups in total. The Balaban J connectivity index is 1.48. The van der Waals surface area contributed by atoms with Crippen LogP contribution in [0.5, 0.6) is 5.75 Å². The van der Waals surface area contributed by atoms with Gasteiger partial charge >= 0.3 is 0 Å². The SMILES string of the molecule is COc1ccccc1C1(O)CCN(Cc2ccccc2-n2cccn2)CC1. The fraction of sp³-hybridized carbons (Fsp3) is 0.318. The van der Waals surface area contributed by atoms with Crippen LogP contribution >= 0.6 is 0 Å². The monoisotopic (exact) mass is 363 g/mol. The molecule has 2 heterocycles. The number of hydrogen-bond acceptors (Lipinski definition) is 4. The molecule has 2 aromatic carbocycles. The maximum absolute atomic E-state index is 11.2. The second kappa shape index (κ2) is 7.55. The second-order valence-corrected chi connectivity index (χ2v) is 7.09. The molecule has 27 heavy (non-hydrogen) atoms. The van der Waals surface area contributed by atoms with Gasteiger partial charge in [-0.15, -0.1) is 0 Å². The Labute approximate surface area is 159 Å². The number of ether oxygens (including phenoxy) is 1. The van der Waals surface area contributed by atoms with Gasteiger partial charge in [-0.25, -0.2) is 4.68 Å². The normalized spacial score (nSPS) is 17.0. The molecule has 1 fully saturated rings. The van der Waals surface area contributed by atoms with Crippen molar-refractivity contribution in [3.05, 3.63) is 78.1 Å². The summed E-state index contributed by atoms with van der Waals surface area (Å²) in [6.07, 6.45) is 5.15. The van der Waals surface area contributed by atoms with Crippen LogP contribution in [0.2, 0.25) is 0 Å². The molecule has 0 saturated carbocycles. The number of para-hydroxylation sites is 2. The molecule has 0 radical (unpaired) electrons. The van der Waals surface area contributed by atoms with Crippen LogP contribution in [0.3, 0.4) is 0 Å². The Morgan fingerprint density at radius 2 is 1.78 bits per heavy atom. The average molecular weight is 363 g/mol. The zero-order valence-corrected chi connectivity index (χ0v) is 15.6. The zero-order chi connectivity index (χ0) is 18.7. The summed E-state index contributed by atoms with van der Waals surface area (Å²) in [5.41, 5.74) is 2.41. The van der Waals surface area contributed by atoms with Crippen molar-refractivity contribution >= 4 is 0 Å². The topological polar surface area (TPSA) is 50.5 Å². The van der Waals surface area contributed by atoms with E-state index < -0.39 is 5.60 Å². The highest BCUT2D eigenvalue weighted by molar-refractivity contribution is 5.41. The van der Waals surface area contributed by atoms with Gasteiger partial charge in [-0.05, 0) is 36.6 Å². The molecule has 140 valence electrons. The third-order valence-electron chi connectivity index (χ3n) is 5.43. The van der Waals surface area contributed by atoms with Crippen molar-refractivity contribution in [2.45, 2.75) is 25.0 Å². The van der Waals surface area contributed by atoms with Crippen LogP contribution in [0.1, 0.15) is 24.0 Å². The third-order valence-corrected chi connectivity index (χ3v) is 5.43. The van der Waals surface area contributed by atoms with Crippen molar-refractivity contribution in [1.82, 2.24) is 14.7 Å². The Kier molecular flexibility index (Phi) is 4.97. The Morgan fingerprint density at radius 1 is 1.04 bits per heavy atom. The van der Waals surface area contributed by atoms with Gasteiger partial charge in [-0.3, -0.25) is 4.90 Å². The number of methoxy groups -OCH3 is 1. The predicted octanol–water partition coefficient (Wildman–Crippen LogP) is 3.36. The van der Waals surface area contributed by atoms with Crippen molar-refractivity contribution in [2.24, 2.45) is 0 Å². The maximum atomic E-state index is 11.2. The number of hydrogen-bond donors (Lipinski definition) is 1. The van der Waals surface area contributed by atoms with Crippen LogP contribution < -0.4 is 4.74 Å². The van der Waals surface area contributed by atoms with E-state index in [2.05, 4.69) is 28.2 Å². The number of piperidine rings is 1. The lowest BCUT2D eigenvalue weighted by atomic mass is 9.83. The van der Waals surface area contributed by atoms with Crippen LogP contribution in [0.25, 0.3) is 5.69 Å². The number of aliphatic hydroxyl groups is 1. The van der Waals surface area contributed by atoms with Crippen molar-refractivity contribution in [3.8, 4) is 11.4 Å². The Hall–Kier alpha value is -2.63. The highest BCUT2D eigenvalue weighted by atomic mass is 16.5. The van der Waals surface area contributed by atoms with E-state index in [0.717, 1.165) is 36.6 Å². The second-order valence-electron chi connectivity index (χ2n) is 7.09. The summed E-state index contributed by atoms with van der Waals surface area (Å²) < 4.78 is 7.37. The molecule has 1 aliphatic rings. The van der Waals surface area contributed by atoms with Gasteiger partial charge in [0.25, 0.3) is 0 Å². The minimum atomic E-state index is -0.829. The summed E-state index contributed by atoms with van der Waals surface area (Å²) in [7, 11) is 1.66. The lowest BCUT2D eigenvalue weighted by Crippen LogP contribution is -2.42. The van der Waals surface area contributed by atoms with Crippen molar-refractivity contribution in [2.75, 3.05) is 20.2 Å². The molecule has 0 bridgehead atoms. The summed E-state index contributed by atoms with van der Waals surface area (Å²) in [5, 5.41) is 15.6. The average Bonchev–Trinajstić information content (AvgIpc) is 3.25. The molecule has 0 unspecified atom stereocenters. The minimum absolute atomic E-state index is 0.692.